The highest BCUT2D eigenvalue weighted by Crippen LogP contribution is 2.26. The van der Waals surface area contributed by atoms with Gasteiger partial charge in [-0.2, -0.15) is 4.31 Å². The Hall–Kier alpha value is -2.33. The van der Waals surface area contributed by atoms with Crippen LogP contribution < -0.4 is 0 Å². The SMILES string of the molecule is Cn1nnnc1-c1cccc(S(=O)(=O)N2CCC(C(=O)O)C2)c1. The first-order chi connectivity index (χ1) is 10.9. The number of benzene rings is 1. The lowest BCUT2D eigenvalue weighted by atomic mass is 10.1. The minimum Gasteiger partial charge on any atom is -0.481 e. The first-order valence-corrected chi connectivity index (χ1v) is 8.39. The standard InChI is InChI=1S/C13H15N5O4S/c1-17-12(14-15-16-17)9-3-2-4-11(7-9)23(21,22)18-6-5-10(8-18)13(19)20/h2-4,7,10H,5-6,8H2,1H3,(H,19,20). The van der Waals surface area contributed by atoms with E-state index in [4.69, 9.17) is 5.11 Å². The number of aromatic nitrogens is 4. The summed E-state index contributed by atoms with van der Waals surface area (Å²) in [5, 5.41) is 20.1. The minimum absolute atomic E-state index is 0.00654. The fraction of sp³-hybridized carbons (Fsp3) is 0.385. The Labute approximate surface area is 132 Å². The highest BCUT2D eigenvalue weighted by Gasteiger charge is 2.35. The first kappa shape index (κ1) is 15.6. The number of nitrogens with zero attached hydrogens (tertiary/aromatic N) is 5. The van der Waals surface area contributed by atoms with Crippen molar-refractivity contribution < 1.29 is 18.3 Å². The van der Waals surface area contributed by atoms with Gasteiger partial charge in [0.2, 0.25) is 10.0 Å². The minimum atomic E-state index is -3.74. The van der Waals surface area contributed by atoms with Crippen molar-refractivity contribution in [3.63, 3.8) is 0 Å². The molecule has 9 nitrogen and oxygen atoms in total. The third kappa shape index (κ3) is 2.82. The van der Waals surface area contributed by atoms with Gasteiger partial charge in [0.05, 0.1) is 10.8 Å². The molecule has 2 aromatic rings. The predicted octanol–water partition coefficient (Wildman–Crippen LogP) is -0.0277. The van der Waals surface area contributed by atoms with Crippen molar-refractivity contribution in [2.45, 2.75) is 11.3 Å². The Morgan fingerprint density at radius 3 is 2.78 bits per heavy atom. The van der Waals surface area contributed by atoms with E-state index in [1.54, 1.807) is 19.2 Å². The zero-order valence-electron chi connectivity index (χ0n) is 12.3. The molecule has 1 aromatic heterocycles. The number of carboxylic acids is 1. The van der Waals surface area contributed by atoms with Crippen molar-refractivity contribution in [2.75, 3.05) is 13.1 Å². The van der Waals surface area contributed by atoms with Gasteiger partial charge >= 0.3 is 5.97 Å². The van der Waals surface area contributed by atoms with E-state index in [9.17, 15) is 13.2 Å². The topological polar surface area (TPSA) is 118 Å². The number of carboxylic acid groups (broad SMARTS) is 1. The maximum Gasteiger partial charge on any atom is 0.307 e. The normalized spacial score (nSPS) is 19.1. The van der Waals surface area contributed by atoms with Crippen LogP contribution in [-0.2, 0) is 21.9 Å². The lowest BCUT2D eigenvalue weighted by molar-refractivity contribution is -0.141. The fourth-order valence-electron chi connectivity index (χ4n) is 2.57. The first-order valence-electron chi connectivity index (χ1n) is 6.95. The van der Waals surface area contributed by atoms with Gasteiger partial charge < -0.3 is 5.11 Å². The molecule has 2 heterocycles. The van der Waals surface area contributed by atoms with Crippen molar-refractivity contribution in [1.29, 1.82) is 0 Å². The third-order valence-electron chi connectivity index (χ3n) is 3.85. The summed E-state index contributed by atoms with van der Waals surface area (Å²) in [5.41, 5.74) is 0.576. The Morgan fingerprint density at radius 1 is 1.39 bits per heavy atom. The van der Waals surface area contributed by atoms with Gasteiger partial charge in [-0.05, 0) is 29.0 Å². The van der Waals surface area contributed by atoms with Crippen LogP contribution in [0.2, 0.25) is 0 Å². The highest BCUT2D eigenvalue weighted by molar-refractivity contribution is 7.89. The van der Waals surface area contributed by atoms with E-state index in [0.717, 1.165) is 0 Å². The van der Waals surface area contributed by atoms with Crippen molar-refractivity contribution in [2.24, 2.45) is 13.0 Å². The largest absolute Gasteiger partial charge is 0.481 e. The van der Waals surface area contributed by atoms with Crippen molar-refractivity contribution in [3.8, 4) is 11.4 Å². The van der Waals surface area contributed by atoms with E-state index in [0.29, 0.717) is 17.8 Å². The van der Waals surface area contributed by atoms with Crippen LogP contribution in [0.3, 0.4) is 0 Å². The van der Waals surface area contributed by atoms with Crippen LogP contribution in [0.1, 0.15) is 6.42 Å². The molecule has 1 aliphatic heterocycles. The van der Waals surface area contributed by atoms with Gasteiger partial charge in [0, 0.05) is 25.7 Å². The summed E-state index contributed by atoms with van der Waals surface area (Å²) in [6, 6.07) is 6.31. The molecule has 1 N–H and O–H groups in total. The summed E-state index contributed by atoms with van der Waals surface area (Å²) in [4.78, 5) is 11.1. The molecule has 1 atom stereocenters. The number of aryl methyl sites for hydroxylation is 1. The lowest BCUT2D eigenvalue weighted by Crippen LogP contribution is -2.30. The molecule has 10 heteroatoms. The summed E-state index contributed by atoms with van der Waals surface area (Å²) in [6.45, 7) is 0.197. The van der Waals surface area contributed by atoms with Crippen LogP contribution in [0.5, 0.6) is 0 Å². The molecule has 0 bridgehead atoms. The van der Waals surface area contributed by atoms with Gasteiger partial charge in [-0.15, -0.1) is 5.10 Å². The Bertz CT molecular complexity index is 848. The average molecular weight is 337 g/mol. The predicted molar refractivity (Wildman–Crippen MR) is 78.7 cm³/mol. The van der Waals surface area contributed by atoms with Gasteiger partial charge in [0.25, 0.3) is 0 Å². The zero-order chi connectivity index (χ0) is 16.6. The maximum absolute atomic E-state index is 12.7. The number of rotatable bonds is 4. The van der Waals surface area contributed by atoms with Crippen molar-refractivity contribution in [3.05, 3.63) is 24.3 Å². The molecule has 0 amide bonds. The Balaban J connectivity index is 1.92. The smallest absolute Gasteiger partial charge is 0.307 e. The molecule has 1 unspecified atom stereocenters. The number of sulfonamides is 1. The Morgan fingerprint density at radius 2 is 2.17 bits per heavy atom. The molecular formula is C13H15N5O4S. The van der Waals surface area contributed by atoms with Crippen LogP contribution >= 0.6 is 0 Å². The number of carbonyl (C=O) groups is 1. The number of hydrogen-bond donors (Lipinski definition) is 1. The molecule has 1 fully saturated rings. The van der Waals surface area contributed by atoms with Crippen molar-refractivity contribution in [1.82, 2.24) is 24.5 Å². The summed E-state index contributed by atoms with van der Waals surface area (Å²) in [5.74, 6) is -1.18. The molecular weight excluding hydrogens is 322 g/mol. The number of hydrogen-bond acceptors (Lipinski definition) is 6. The third-order valence-corrected chi connectivity index (χ3v) is 5.71. The molecule has 1 aliphatic rings. The Kier molecular flexibility index (Phi) is 3.86. The molecule has 3 rings (SSSR count). The van der Waals surface area contributed by atoms with E-state index < -0.39 is 21.9 Å². The maximum atomic E-state index is 12.7. The number of tetrazole rings is 1. The van der Waals surface area contributed by atoms with E-state index >= 15 is 0 Å². The molecule has 0 aliphatic carbocycles. The molecule has 1 saturated heterocycles. The second kappa shape index (κ2) is 5.70. The van der Waals surface area contributed by atoms with Crippen LogP contribution in [0.25, 0.3) is 11.4 Å². The van der Waals surface area contributed by atoms with Gasteiger partial charge in [-0.25, -0.2) is 13.1 Å². The fourth-order valence-corrected chi connectivity index (χ4v) is 4.11. The van der Waals surface area contributed by atoms with E-state index in [1.165, 1.54) is 21.1 Å². The zero-order valence-corrected chi connectivity index (χ0v) is 13.1. The molecule has 1 aromatic carbocycles. The van der Waals surface area contributed by atoms with Gasteiger partial charge in [0.1, 0.15) is 0 Å². The van der Waals surface area contributed by atoms with Gasteiger partial charge in [-0.1, -0.05) is 12.1 Å². The van der Waals surface area contributed by atoms with Crippen LogP contribution in [0, 0.1) is 5.92 Å². The molecule has 0 spiro atoms. The highest BCUT2D eigenvalue weighted by atomic mass is 32.2. The lowest BCUT2D eigenvalue weighted by Gasteiger charge is -2.16. The second-order valence-electron chi connectivity index (χ2n) is 5.34. The van der Waals surface area contributed by atoms with Gasteiger partial charge in [0.15, 0.2) is 5.82 Å². The molecule has 0 radical (unpaired) electrons. The second-order valence-corrected chi connectivity index (χ2v) is 7.28. The molecule has 122 valence electrons. The summed E-state index contributed by atoms with van der Waals surface area (Å²) in [7, 11) is -2.08. The molecule has 0 saturated carbocycles. The van der Waals surface area contributed by atoms with Crippen LogP contribution in [0.4, 0.5) is 0 Å². The average Bonchev–Trinajstić information content (AvgIpc) is 3.16. The van der Waals surface area contributed by atoms with Crippen LogP contribution in [0.15, 0.2) is 29.2 Å². The van der Waals surface area contributed by atoms with E-state index in [2.05, 4.69) is 15.5 Å². The van der Waals surface area contributed by atoms with Gasteiger partial charge in [-0.3, -0.25) is 4.79 Å². The van der Waals surface area contributed by atoms with E-state index in [1.807, 2.05) is 0 Å². The monoisotopic (exact) mass is 337 g/mol. The van der Waals surface area contributed by atoms with Crippen molar-refractivity contribution >= 4 is 16.0 Å². The quantitative estimate of drug-likeness (QED) is 0.832. The molecule has 23 heavy (non-hydrogen) atoms. The number of aliphatic carboxylic acids is 1. The summed E-state index contributed by atoms with van der Waals surface area (Å²) in [6.07, 6.45) is 0.321. The van der Waals surface area contributed by atoms with Crippen LogP contribution in [-0.4, -0.2) is 57.1 Å². The summed E-state index contributed by atoms with van der Waals surface area (Å²) < 4.78 is 28.0. The van der Waals surface area contributed by atoms with E-state index in [-0.39, 0.29) is 18.0 Å². The summed E-state index contributed by atoms with van der Waals surface area (Å²) >= 11 is 0.